The molecular formula is C25H23N7O4. The van der Waals surface area contributed by atoms with Crippen molar-refractivity contribution in [2.75, 3.05) is 17.7 Å². The fourth-order valence-electron chi connectivity index (χ4n) is 5.63. The van der Waals surface area contributed by atoms with Crippen LogP contribution in [0.2, 0.25) is 0 Å². The first-order valence-electron chi connectivity index (χ1n) is 11.5. The molecule has 0 fully saturated rings. The number of hydrogen-bond acceptors (Lipinski definition) is 6. The number of nitrogens with zero attached hydrogens (tertiary/aromatic N) is 2. The van der Waals surface area contributed by atoms with E-state index in [1.807, 2.05) is 12.1 Å². The molecule has 0 saturated carbocycles. The maximum atomic E-state index is 13.0. The van der Waals surface area contributed by atoms with Crippen molar-refractivity contribution < 1.29 is 14.4 Å². The molecule has 11 heteroatoms. The highest BCUT2D eigenvalue weighted by atomic mass is 16.2. The van der Waals surface area contributed by atoms with Crippen molar-refractivity contribution in [3.05, 3.63) is 69.4 Å². The van der Waals surface area contributed by atoms with E-state index in [0.29, 0.717) is 46.6 Å². The first kappa shape index (κ1) is 21.8. The molecule has 1 aromatic heterocycles. The van der Waals surface area contributed by atoms with Crippen molar-refractivity contribution >= 4 is 46.3 Å². The van der Waals surface area contributed by atoms with Gasteiger partial charge in [0.2, 0.25) is 17.7 Å². The monoisotopic (exact) mass is 485 g/mol. The molecule has 182 valence electrons. The zero-order chi connectivity index (χ0) is 25.2. The Morgan fingerprint density at radius 1 is 1.14 bits per heavy atom. The summed E-state index contributed by atoms with van der Waals surface area (Å²) in [5, 5.41) is 19.3. The lowest BCUT2D eigenvalue weighted by molar-refractivity contribution is -0.126. The normalized spacial score (nSPS) is 19.9. The molecule has 36 heavy (non-hydrogen) atoms. The van der Waals surface area contributed by atoms with Crippen LogP contribution in [0.25, 0.3) is 11.0 Å². The second-order valence-corrected chi connectivity index (χ2v) is 9.28. The van der Waals surface area contributed by atoms with E-state index in [1.54, 1.807) is 31.3 Å². The second-order valence-electron chi connectivity index (χ2n) is 9.28. The molecule has 1 spiro atoms. The Kier molecular flexibility index (Phi) is 4.65. The van der Waals surface area contributed by atoms with Crippen LogP contribution in [0.15, 0.2) is 52.6 Å². The van der Waals surface area contributed by atoms with Gasteiger partial charge in [-0.2, -0.15) is 0 Å². The summed E-state index contributed by atoms with van der Waals surface area (Å²) in [4.78, 5) is 50.8. The molecule has 2 aliphatic heterocycles. The molecule has 11 nitrogen and oxygen atoms in total. The Balaban J connectivity index is 1.25. The summed E-state index contributed by atoms with van der Waals surface area (Å²) in [5.74, 6) is -0.268. The highest BCUT2D eigenvalue weighted by Gasteiger charge is 2.51. The number of para-hydroxylation sites is 1. The van der Waals surface area contributed by atoms with Gasteiger partial charge in [-0.15, -0.1) is 0 Å². The summed E-state index contributed by atoms with van der Waals surface area (Å²) in [6, 6.07) is 10.7. The van der Waals surface area contributed by atoms with E-state index in [2.05, 4.69) is 21.3 Å². The number of carbonyl (C=O) groups excluding carboxylic acids is 3. The van der Waals surface area contributed by atoms with Crippen molar-refractivity contribution in [1.29, 1.82) is 5.41 Å². The van der Waals surface area contributed by atoms with Crippen molar-refractivity contribution in [3.8, 4) is 0 Å². The fourth-order valence-corrected chi connectivity index (χ4v) is 5.63. The molecule has 2 aromatic carbocycles. The van der Waals surface area contributed by atoms with Gasteiger partial charge in [0.05, 0.1) is 22.1 Å². The van der Waals surface area contributed by atoms with Crippen LogP contribution in [0.5, 0.6) is 0 Å². The first-order chi connectivity index (χ1) is 17.3. The van der Waals surface area contributed by atoms with Crippen LogP contribution >= 0.6 is 0 Å². The van der Waals surface area contributed by atoms with E-state index in [4.69, 9.17) is 5.41 Å². The first-order valence-corrected chi connectivity index (χ1v) is 11.5. The van der Waals surface area contributed by atoms with E-state index in [0.717, 1.165) is 11.1 Å². The minimum absolute atomic E-state index is 0.0947. The number of imidazole rings is 1. The predicted molar refractivity (Wildman–Crippen MR) is 133 cm³/mol. The van der Waals surface area contributed by atoms with Crippen molar-refractivity contribution in [3.63, 3.8) is 0 Å². The minimum Gasteiger partial charge on any atom is -0.374 e. The van der Waals surface area contributed by atoms with Crippen LogP contribution < -0.4 is 27.0 Å². The van der Waals surface area contributed by atoms with Gasteiger partial charge in [-0.05, 0) is 48.2 Å². The lowest BCUT2D eigenvalue weighted by Gasteiger charge is -2.21. The Labute approximate surface area is 204 Å². The maximum absolute atomic E-state index is 13.0. The van der Waals surface area contributed by atoms with Gasteiger partial charge in [0.25, 0.3) is 0 Å². The van der Waals surface area contributed by atoms with Gasteiger partial charge in [-0.1, -0.05) is 12.1 Å². The number of rotatable bonds is 5. The molecule has 0 radical (unpaired) electrons. The summed E-state index contributed by atoms with van der Waals surface area (Å²) >= 11 is 0. The molecule has 5 N–H and O–H groups in total. The molecule has 1 atom stereocenters. The molecule has 0 saturated heterocycles. The van der Waals surface area contributed by atoms with Crippen LogP contribution in [0.1, 0.15) is 11.1 Å². The van der Waals surface area contributed by atoms with Crippen LogP contribution in [0.4, 0.5) is 11.4 Å². The molecular weight excluding hydrogens is 462 g/mol. The van der Waals surface area contributed by atoms with Crippen molar-refractivity contribution in [2.45, 2.75) is 25.9 Å². The van der Waals surface area contributed by atoms with Gasteiger partial charge in [0, 0.05) is 24.5 Å². The fraction of sp³-hybridized carbons (Fsp3) is 0.240. The van der Waals surface area contributed by atoms with Crippen LogP contribution in [-0.2, 0) is 40.3 Å². The molecule has 0 bridgehead atoms. The Morgan fingerprint density at radius 2 is 1.94 bits per heavy atom. The summed E-state index contributed by atoms with van der Waals surface area (Å²) in [6.45, 7) is -0.307. The topological polar surface area (TPSA) is 150 Å². The second kappa shape index (κ2) is 7.67. The average molecular weight is 486 g/mol. The van der Waals surface area contributed by atoms with Gasteiger partial charge in [-0.3, -0.25) is 23.5 Å². The molecule has 3 aliphatic rings. The molecule has 1 aliphatic carbocycles. The zero-order valence-electron chi connectivity index (χ0n) is 19.4. The lowest BCUT2D eigenvalue weighted by atomic mass is 9.79. The third-order valence-electron chi connectivity index (χ3n) is 7.24. The Hall–Kier alpha value is -4.67. The number of amides is 3. The smallest absolute Gasteiger partial charge is 0.330 e. The highest BCUT2D eigenvalue weighted by molar-refractivity contribution is 6.04. The lowest BCUT2D eigenvalue weighted by Crippen LogP contribution is -2.36. The summed E-state index contributed by atoms with van der Waals surface area (Å²) < 4.78 is 2.74. The van der Waals surface area contributed by atoms with E-state index >= 15 is 0 Å². The number of anilines is 2. The van der Waals surface area contributed by atoms with Crippen LogP contribution in [0, 0.1) is 10.8 Å². The summed E-state index contributed by atoms with van der Waals surface area (Å²) in [7, 11) is 1.70. The van der Waals surface area contributed by atoms with Gasteiger partial charge in [0.15, 0.2) is 0 Å². The largest absolute Gasteiger partial charge is 0.374 e. The number of aromatic nitrogens is 2. The van der Waals surface area contributed by atoms with Gasteiger partial charge in [0.1, 0.15) is 18.9 Å². The number of benzene rings is 2. The standard InChI is InChI=1S/C25H23N7O4/c1-27-22-16(10-26)25(23(35)30-22)8-13-5-6-15(7-14(13)9-25)28-19(33)11-31-18-4-2-3-17-21(18)32(24(31)36)12-20(34)29-17/h2-7,10,26-27H,8-9,11-12H2,1H3,(H,28,33)(H,29,34)(H,30,35). The summed E-state index contributed by atoms with van der Waals surface area (Å²) in [5.41, 5.74) is 3.55. The number of hydrogen-bond donors (Lipinski definition) is 5. The predicted octanol–water partition coefficient (Wildman–Crippen LogP) is 0.689. The Bertz CT molecular complexity index is 1610. The van der Waals surface area contributed by atoms with Crippen molar-refractivity contribution in [2.24, 2.45) is 5.41 Å². The summed E-state index contributed by atoms with van der Waals surface area (Å²) in [6.07, 6.45) is 2.12. The minimum atomic E-state index is -0.838. The molecule has 6 rings (SSSR count). The maximum Gasteiger partial charge on any atom is 0.330 e. The number of fused-ring (bicyclic) bond motifs is 1. The van der Waals surface area contributed by atoms with E-state index in [1.165, 1.54) is 15.3 Å². The zero-order valence-corrected chi connectivity index (χ0v) is 19.4. The Morgan fingerprint density at radius 3 is 2.72 bits per heavy atom. The van der Waals surface area contributed by atoms with Gasteiger partial charge < -0.3 is 26.7 Å². The SMILES string of the molecule is CNC1=C(C=N)C2(Cc3ccc(NC(=O)Cn4c(=O)n5c6c(cccc64)NC(=O)C5)cc3C2)C(=O)N1. The molecule has 1 unspecified atom stereocenters. The average Bonchev–Trinajstić information content (AvgIpc) is 3.45. The quantitative estimate of drug-likeness (QED) is 0.337. The van der Waals surface area contributed by atoms with Gasteiger partial charge >= 0.3 is 5.69 Å². The van der Waals surface area contributed by atoms with E-state index in [-0.39, 0.29) is 30.8 Å². The third-order valence-corrected chi connectivity index (χ3v) is 7.24. The molecule has 3 amide bonds. The number of carbonyl (C=O) groups is 3. The molecule has 3 aromatic rings. The molecule has 3 heterocycles. The van der Waals surface area contributed by atoms with Gasteiger partial charge in [-0.25, -0.2) is 4.79 Å². The third kappa shape index (κ3) is 3.02. The van der Waals surface area contributed by atoms with Crippen molar-refractivity contribution in [1.82, 2.24) is 19.8 Å². The van der Waals surface area contributed by atoms with E-state index in [9.17, 15) is 19.2 Å². The highest BCUT2D eigenvalue weighted by Crippen LogP contribution is 2.46. The van der Waals surface area contributed by atoms with Crippen LogP contribution in [-0.4, -0.2) is 40.1 Å². The van der Waals surface area contributed by atoms with Crippen LogP contribution in [0.3, 0.4) is 0 Å². The number of nitrogens with one attached hydrogen (secondary N) is 5. The van der Waals surface area contributed by atoms with E-state index < -0.39 is 11.1 Å².